The fourth-order valence-corrected chi connectivity index (χ4v) is 4.11. The molecule has 1 fully saturated rings. The molecule has 0 aliphatic carbocycles. The fourth-order valence-electron chi connectivity index (χ4n) is 2.48. The molecule has 132 valence electrons. The highest BCUT2D eigenvalue weighted by atomic mass is 32.2. The van der Waals surface area contributed by atoms with Gasteiger partial charge in [-0.1, -0.05) is 0 Å². The Bertz CT molecular complexity index is 886. The zero-order chi connectivity index (χ0) is 17.9. The molecule has 0 bridgehead atoms. The molecule has 0 saturated carbocycles. The van der Waals surface area contributed by atoms with Gasteiger partial charge in [0, 0.05) is 6.21 Å². The van der Waals surface area contributed by atoms with Crippen LogP contribution >= 0.6 is 0 Å². The van der Waals surface area contributed by atoms with E-state index in [-0.39, 0.29) is 29.1 Å². The van der Waals surface area contributed by atoms with E-state index in [9.17, 15) is 13.2 Å². The Labute approximate surface area is 145 Å². The van der Waals surface area contributed by atoms with E-state index >= 15 is 0 Å². The Morgan fingerprint density at radius 2 is 2.16 bits per heavy atom. The van der Waals surface area contributed by atoms with Gasteiger partial charge in [0.15, 0.2) is 21.3 Å². The van der Waals surface area contributed by atoms with Gasteiger partial charge in [-0.25, -0.2) is 13.2 Å². The summed E-state index contributed by atoms with van der Waals surface area (Å²) in [5.41, 5.74) is 0.721. The van der Waals surface area contributed by atoms with Gasteiger partial charge in [-0.3, -0.25) is 4.99 Å². The first-order valence-corrected chi connectivity index (χ1v) is 9.46. The summed E-state index contributed by atoms with van der Waals surface area (Å²) in [7, 11) is -1.50. The summed E-state index contributed by atoms with van der Waals surface area (Å²) >= 11 is 0. The van der Waals surface area contributed by atoms with Gasteiger partial charge >= 0.3 is 5.97 Å². The zero-order valence-corrected chi connectivity index (χ0v) is 14.4. The Hall–Kier alpha value is -2.61. The summed E-state index contributed by atoms with van der Waals surface area (Å²) in [6.07, 6.45) is 3.53. The van der Waals surface area contributed by atoms with Crippen molar-refractivity contribution >= 4 is 22.0 Å². The summed E-state index contributed by atoms with van der Waals surface area (Å²) in [5, 5.41) is 0. The standard InChI is InChI=1S/C17H17NO6S/c1-22-16-9-12(10-18-13-6-8-25(20,21)11-13)4-5-14(16)24-17(19)15-3-2-7-23-15/h2-5,7,9-10,13H,6,8,11H2,1H3. The molecule has 0 spiro atoms. The van der Waals surface area contributed by atoms with Crippen LogP contribution in [0.1, 0.15) is 22.5 Å². The molecule has 3 rings (SSSR count). The molecule has 8 heteroatoms. The van der Waals surface area contributed by atoms with Crippen molar-refractivity contribution in [2.75, 3.05) is 18.6 Å². The van der Waals surface area contributed by atoms with E-state index < -0.39 is 15.8 Å². The number of esters is 1. The number of ether oxygens (including phenoxy) is 2. The predicted octanol–water partition coefficient (Wildman–Crippen LogP) is 2.11. The summed E-state index contributed by atoms with van der Waals surface area (Å²) < 4.78 is 38.4. The number of nitrogens with zero attached hydrogens (tertiary/aromatic N) is 1. The van der Waals surface area contributed by atoms with Crippen LogP contribution in [-0.4, -0.2) is 45.3 Å². The van der Waals surface area contributed by atoms with Crippen molar-refractivity contribution in [3.05, 3.63) is 47.9 Å². The number of carbonyl (C=O) groups is 1. The Morgan fingerprint density at radius 3 is 2.80 bits per heavy atom. The highest BCUT2D eigenvalue weighted by molar-refractivity contribution is 7.91. The van der Waals surface area contributed by atoms with Gasteiger partial charge in [-0.15, -0.1) is 0 Å². The molecule has 1 aliphatic heterocycles. The maximum Gasteiger partial charge on any atom is 0.379 e. The predicted molar refractivity (Wildman–Crippen MR) is 91.3 cm³/mol. The molecular formula is C17H17NO6S. The fraction of sp³-hybridized carbons (Fsp3) is 0.294. The lowest BCUT2D eigenvalue weighted by Gasteiger charge is -2.09. The number of rotatable bonds is 5. The number of carbonyl (C=O) groups excluding carboxylic acids is 1. The normalized spacial score (nSPS) is 19.2. The lowest BCUT2D eigenvalue weighted by molar-refractivity contribution is 0.0696. The van der Waals surface area contributed by atoms with Crippen LogP contribution in [-0.2, 0) is 9.84 Å². The molecule has 1 aromatic heterocycles. The molecule has 0 amide bonds. The number of aliphatic imine (C=N–C) groups is 1. The van der Waals surface area contributed by atoms with Crippen molar-refractivity contribution in [2.24, 2.45) is 4.99 Å². The van der Waals surface area contributed by atoms with E-state index in [2.05, 4.69) is 4.99 Å². The molecule has 1 saturated heterocycles. The van der Waals surface area contributed by atoms with Crippen molar-refractivity contribution < 1.29 is 27.1 Å². The number of hydrogen-bond acceptors (Lipinski definition) is 7. The quantitative estimate of drug-likeness (QED) is 0.459. The Balaban J connectivity index is 1.72. The summed E-state index contributed by atoms with van der Waals surface area (Å²) in [6.45, 7) is 0. The Kier molecular flexibility index (Phi) is 4.89. The largest absolute Gasteiger partial charge is 0.493 e. The van der Waals surface area contributed by atoms with Crippen LogP contribution in [0, 0.1) is 0 Å². The third-order valence-electron chi connectivity index (χ3n) is 3.76. The minimum atomic E-state index is -2.96. The molecule has 1 atom stereocenters. The maximum absolute atomic E-state index is 11.9. The van der Waals surface area contributed by atoms with E-state index in [4.69, 9.17) is 13.9 Å². The van der Waals surface area contributed by atoms with Gasteiger partial charge in [-0.2, -0.15) is 0 Å². The molecule has 25 heavy (non-hydrogen) atoms. The van der Waals surface area contributed by atoms with E-state index in [1.165, 1.54) is 19.4 Å². The zero-order valence-electron chi connectivity index (χ0n) is 13.5. The van der Waals surface area contributed by atoms with Crippen molar-refractivity contribution in [2.45, 2.75) is 12.5 Å². The number of methoxy groups -OCH3 is 1. The van der Waals surface area contributed by atoms with E-state index in [1.807, 2.05) is 0 Å². The number of sulfone groups is 1. The number of benzene rings is 1. The van der Waals surface area contributed by atoms with Gasteiger partial charge < -0.3 is 13.9 Å². The molecular weight excluding hydrogens is 346 g/mol. The molecule has 7 nitrogen and oxygen atoms in total. The van der Waals surface area contributed by atoms with Crippen LogP contribution in [0.15, 0.2) is 46.0 Å². The van der Waals surface area contributed by atoms with Crippen LogP contribution in [0.25, 0.3) is 0 Å². The summed E-state index contributed by atoms with van der Waals surface area (Å²) in [6, 6.07) is 7.85. The first-order valence-electron chi connectivity index (χ1n) is 7.64. The van der Waals surface area contributed by atoms with Gasteiger partial charge in [0.05, 0.1) is 30.9 Å². The van der Waals surface area contributed by atoms with Crippen molar-refractivity contribution in [1.29, 1.82) is 0 Å². The highest BCUT2D eigenvalue weighted by Crippen LogP contribution is 2.28. The van der Waals surface area contributed by atoms with Gasteiger partial charge in [0.2, 0.25) is 5.76 Å². The number of hydrogen-bond donors (Lipinski definition) is 0. The topological polar surface area (TPSA) is 95.2 Å². The number of furan rings is 1. The van der Waals surface area contributed by atoms with E-state index in [0.29, 0.717) is 12.2 Å². The van der Waals surface area contributed by atoms with E-state index in [0.717, 1.165) is 5.56 Å². The Morgan fingerprint density at radius 1 is 1.32 bits per heavy atom. The molecule has 0 radical (unpaired) electrons. The van der Waals surface area contributed by atoms with E-state index in [1.54, 1.807) is 30.5 Å². The monoisotopic (exact) mass is 363 g/mol. The third-order valence-corrected chi connectivity index (χ3v) is 5.51. The summed E-state index contributed by atoms with van der Waals surface area (Å²) in [4.78, 5) is 16.2. The van der Waals surface area contributed by atoms with Crippen LogP contribution in [0.4, 0.5) is 0 Å². The average Bonchev–Trinajstić information content (AvgIpc) is 3.23. The van der Waals surface area contributed by atoms with Gasteiger partial charge in [0.25, 0.3) is 0 Å². The lowest BCUT2D eigenvalue weighted by atomic mass is 10.2. The van der Waals surface area contributed by atoms with Crippen LogP contribution in [0.2, 0.25) is 0 Å². The minimum Gasteiger partial charge on any atom is -0.493 e. The van der Waals surface area contributed by atoms with Crippen LogP contribution in [0.5, 0.6) is 11.5 Å². The van der Waals surface area contributed by atoms with Crippen LogP contribution < -0.4 is 9.47 Å². The smallest absolute Gasteiger partial charge is 0.379 e. The highest BCUT2D eigenvalue weighted by Gasteiger charge is 2.26. The van der Waals surface area contributed by atoms with Crippen molar-refractivity contribution in [3.8, 4) is 11.5 Å². The molecule has 1 aliphatic rings. The second kappa shape index (κ2) is 7.10. The van der Waals surface area contributed by atoms with Gasteiger partial charge in [-0.05, 0) is 42.3 Å². The SMILES string of the molecule is COc1cc(C=NC2CCS(=O)(=O)C2)ccc1OC(=O)c1ccco1. The van der Waals surface area contributed by atoms with Crippen molar-refractivity contribution in [1.82, 2.24) is 0 Å². The second-order valence-electron chi connectivity index (χ2n) is 5.61. The first-order chi connectivity index (χ1) is 12.0. The first kappa shape index (κ1) is 17.2. The molecule has 0 N–H and O–H groups in total. The third kappa shape index (κ3) is 4.27. The molecule has 2 heterocycles. The summed E-state index contributed by atoms with van der Waals surface area (Å²) in [5.74, 6) is 0.350. The molecule has 1 aromatic carbocycles. The maximum atomic E-state index is 11.9. The minimum absolute atomic E-state index is 0.0828. The van der Waals surface area contributed by atoms with Crippen LogP contribution in [0.3, 0.4) is 0 Å². The molecule has 1 unspecified atom stereocenters. The molecule has 2 aromatic rings. The van der Waals surface area contributed by atoms with Gasteiger partial charge in [0.1, 0.15) is 0 Å². The second-order valence-corrected chi connectivity index (χ2v) is 7.84. The van der Waals surface area contributed by atoms with Crippen molar-refractivity contribution in [3.63, 3.8) is 0 Å². The lowest BCUT2D eigenvalue weighted by Crippen LogP contribution is -2.09. The average molecular weight is 363 g/mol.